The summed E-state index contributed by atoms with van der Waals surface area (Å²) in [6, 6.07) is 1.94. The number of halogens is 2. The maximum absolute atomic E-state index is 13.3. The van der Waals surface area contributed by atoms with Crippen LogP contribution in [0.1, 0.15) is 19.4 Å². The molecule has 4 heteroatoms. The van der Waals surface area contributed by atoms with E-state index < -0.39 is 17.0 Å². The molecule has 0 unspecified atom stereocenters. The molecule has 0 radical (unpaired) electrons. The first-order chi connectivity index (χ1) is 6.92. The minimum Gasteiger partial charge on any atom is -0.493 e. The Kier molecular flexibility index (Phi) is 3.29. The summed E-state index contributed by atoms with van der Waals surface area (Å²) >= 11 is 0. The van der Waals surface area contributed by atoms with Gasteiger partial charge in [-0.05, 0) is 6.07 Å². The van der Waals surface area contributed by atoms with Crippen LogP contribution in [0, 0.1) is 11.6 Å². The van der Waals surface area contributed by atoms with Crippen molar-refractivity contribution in [2.45, 2.75) is 19.3 Å². The van der Waals surface area contributed by atoms with Crippen LogP contribution in [-0.2, 0) is 5.41 Å². The fourth-order valence-electron chi connectivity index (χ4n) is 1.36. The molecular weight excluding hydrogens is 202 g/mol. The first kappa shape index (κ1) is 11.9. The molecule has 0 spiro atoms. The lowest BCUT2D eigenvalue weighted by molar-refractivity contribution is 0.213. The second-order valence-electron chi connectivity index (χ2n) is 4.01. The van der Waals surface area contributed by atoms with E-state index in [1.165, 1.54) is 13.2 Å². The lowest BCUT2D eigenvalue weighted by Gasteiger charge is -2.24. The maximum Gasteiger partial charge on any atom is 0.168 e. The molecule has 0 saturated heterocycles. The Hall–Kier alpha value is -1.16. The first-order valence-corrected chi connectivity index (χ1v) is 4.56. The number of methoxy groups -OCH3 is 1. The van der Waals surface area contributed by atoms with E-state index in [4.69, 9.17) is 9.84 Å². The van der Waals surface area contributed by atoms with Crippen LogP contribution in [0.2, 0.25) is 0 Å². The predicted octanol–water partition coefficient (Wildman–Crippen LogP) is 2.24. The average Bonchev–Trinajstić information content (AvgIpc) is 2.16. The van der Waals surface area contributed by atoms with E-state index in [0.29, 0.717) is 5.56 Å². The van der Waals surface area contributed by atoms with Crippen molar-refractivity contribution in [3.63, 3.8) is 0 Å². The van der Waals surface area contributed by atoms with E-state index in [0.717, 1.165) is 6.07 Å². The van der Waals surface area contributed by atoms with Gasteiger partial charge in [-0.15, -0.1) is 0 Å². The summed E-state index contributed by atoms with van der Waals surface area (Å²) in [4.78, 5) is 0. The van der Waals surface area contributed by atoms with Crippen LogP contribution in [-0.4, -0.2) is 18.8 Å². The van der Waals surface area contributed by atoms with Crippen LogP contribution in [0.4, 0.5) is 8.78 Å². The van der Waals surface area contributed by atoms with E-state index in [2.05, 4.69) is 0 Å². The predicted molar refractivity (Wildman–Crippen MR) is 53.0 cm³/mol. The topological polar surface area (TPSA) is 29.5 Å². The molecule has 0 fully saturated rings. The Morgan fingerprint density at radius 1 is 1.33 bits per heavy atom. The summed E-state index contributed by atoms with van der Waals surface area (Å²) in [5.74, 6) is -1.45. The summed E-state index contributed by atoms with van der Waals surface area (Å²) in [7, 11) is 1.31. The molecule has 0 saturated carbocycles. The highest BCUT2D eigenvalue weighted by atomic mass is 19.1. The second kappa shape index (κ2) is 4.14. The van der Waals surface area contributed by atoms with Crippen molar-refractivity contribution in [2.75, 3.05) is 13.7 Å². The molecule has 0 aromatic heterocycles. The highest BCUT2D eigenvalue weighted by molar-refractivity contribution is 5.40. The van der Waals surface area contributed by atoms with Gasteiger partial charge < -0.3 is 9.84 Å². The Labute approximate surface area is 87.5 Å². The van der Waals surface area contributed by atoms with Crippen LogP contribution in [0.5, 0.6) is 5.75 Å². The lowest BCUT2D eigenvalue weighted by atomic mass is 9.85. The summed E-state index contributed by atoms with van der Waals surface area (Å²) < 4.78 is 31.2. The van der Waals surface area contributed by atoms with Gasteiger partial charge >= 0.3 is 0 Å². The maximum atomic E-state index is 13.3. The van der Waals surface area contributed by atoms with Gasteiger partial charge in [-0.2, -0.15) is 0 Å². The fourth-order valence-corrected chi connectivity index (χ4v) is 1.36. The molecule has 15 heavy (non-hydrogen) atoms. The van der Waals surface area contributed by atoms with Crippen molar-refractivity contribution in [1.82, 2.24) is 0 Å². The molecule has 1 aromatic rings. The van der Waals surface area contributed by atoms with Gasteiger partial charge in [-0.25, -0.2) is 8.78 Å². The van der Waals surface area contributed by atoms with E-state index in [1.54, 1.807) is 13.8 Å². The van der Waals surface area contributed by atoms with E-state index in [-0.39, 0.29) is 12.4 Å². The third kappa shape index (κ3) is 2.26. The van der Waals surface area contributed by atoms with Gasteiger partial charge in [0.25, 0.3) is 0 Å². The van der Waals surface area contributed by atoms with Crippen molar-refractivity contribution in [2.24, 2.45) is 0 Å². The van der Waals surface area contributed by atoms with Crippen molar-refractivity contribution >= 4 is 0 Å². The standard InChI is InChI=1S/C11H14F2O2/c1-11(2,6-14)8-4-7(12)5-9(13)10(8)15-3/h4-5,14H,6H2,1-3H3. The highest BCUT2D eigenvalue weighted by Gasteiger charge is 2.26. The molecule has 0 aliphatic heterocycles. The van der Waals surface area contributed by atoms with Crippen LogP contribution in [0.15, 0.2) is 12.1 Å². The van der Waals surface area contributed by atoms with E-state index in [1.807, 2.05) is 0 Å². The number of hydrogen-bond donors (Lipinski definition) is 1. The molecule has 0 atom stereocenters. The Morgan fingerprint density at radius 3 is 2.40 bits per heavy atom. The summed E-state index contributed by atoms with van der Waals surface area (Å²) in [5, 5.41) is 9.15. The molecule has 1 N–H and O–H groups in total. The number of benzene rings is 1. The average molecular weight is 216 g/mol. The van der Waals surface area contributed by atoms with Crippen LogP contribution >= 0.6 is 0 Å². The minimum absolute atomic E-state index is 0.0181. The van der Waals surface area contributed by atoms with Gasteiger partial charge in [0, 0.05) is 17.0 Å². The molecule has 0 heterocycles. The number of ether oxygens (including phenoxy) is 1. The summed E-state index contributed by atoms with van der Waals surface area (Å²) in [5.41, 5.74) is -0.418. The summed E-state index contributed by atoms with van der Waals surface area (Å²) in [6.07, 6.45) is 0. The van der Waals surface area contributed by atoms with Crippen molar-refractivity contribution in [1.29, 1.82) is 0 Å². The Balaban J connectivity index is 3.39. The highest BCUT2D eigenvalue weighted by Crippen LogP contribution is 2.33. The molecule has 0 aliphatic rings. The zero-order chi connectivity index (χ0) is 11.6. The SMILES string of the molecule is COc1c(F)cc(F)cc1C(C)(C)CO. The first-order valence-electron chi connectivity index (χ1n) is 4.56. The molecule has 0 amide bonds. The smallest absolute Gasteiger partial charge is 0.168 e. The van der Waals surface area contributed by atoms with Crippen molar-refractivity contribution in [3.8, 4) is 5.75 Å². The molecule has 0 bridgehead atoms. The number of rotatable bonds is 3. The zero-order valence-electron chi connectivity index (χ0n) is 8.97. The van der Waals surface area contributed by atoms with Gasteiger partial charge in [0.05, 0.1) is 13.7 Å². The summed E-state index contributed by atoms with van der Waals surface area (Å²) in [6.45, 7) is 3.15. The van der Waals surface area contributed by atoms with Gasteiger partial charge in [0.15, 0.2) is 11.6 Å². The fraction of sp³-hybridized carbons (Fsp3) is 0.455. The van der Waals surface area contributed by atoms with Gasteiger partial charge in [0.2, 0.25) is 0 Å². The number of aliphatic hydroxyl groups is 1. The number of hydrogen-bond acceptors (Lipinski definition) is 2. The molecule has 84 valence electrons. The third-order valence-electron chi connectivity index (χ3n) is 2.34. The third-order valence-corrected chi connectivity index (χ3v) is 2.34. The van der Waals surface area contributed by atoms with E-state index >= 15 is 0 Å². The minimum atomic E-state index is -0.756. The van der Waals surface area contributed by atoms with Crippen LogP contribution in [0.25, 0.3) is 0 Å². The zero-order valence-corrected chi connectivity index (χ0v) is 8.97. The lowest BCUT2D eigenvalue weighted by Crippen LogP contribution is -2.23. The van der Waals surface area contributed by atoms with Crippen molar-refractivity contribution in [3.05, 3.63) is 29.3 Å². The van der Waals surface area contributed by atoms with E-state index in [9.17, 15) is 8.78 Å². The normalized spacial score (nSPS) is 11.6. The van der Waals surface area contributed by atoms with Crippen molar-refractivity contribution < 1.29 is 18.6 Å². The number of aliphatic hydroxyl groups excluding tert-OH is 1. The van der Waals surface area contributed by atoms with Gasteiger partial charge in [0.1, 0.15) is 5.82 Å². The quantitative estimate of drug-likeness (QED) is 0.839. The molecule has 0 aliphatic carbocycles. The van der Waals surface area contributed by atoms with Crippen LogP contribution < -0.4 is 4.74 Å². The molecule has 2 nitrogen and oxygen atoms in total. The Bertz CT molecular complexity index is 362. The largest absolute Gasteiger partial charge is 0.493 e. The van der Waals surface area contributed by atoms with Gasteiger partial charge in [-0.3, -0.25) is 0 Å². The van der Waals surface area contributed by atoms with Gasteiger partial charge in [-0.1, -0.05) is 13.8 Å². The van der Waals surface area contributed by atoms with Crippen LogP contribution in [0.3, 0.4) is 0 Å². The Morgan fingerprint density at radius 2 is 1.93 bits per heavy atom. The molecule has 1 rings (SSSR count). The molecular formula is C11H14F2O2. The monoisotopic (exact) mass is 216 g/mol. The second-order valence-corrected chi connectivity index (χ2v) is 4.01. The molecule has 1 aromatic carbocycles.